The molecule has 174 valence electrons. The van der Waals surface area contributed by atoms with Crippen molar-refractivity contribution in [2.45, 2.75) is 12.3 Å². The second-order valence-corrected chi connectivity index (χ2v) is 7.72. The topological polar surface area (TPSA) is 87.4 Å². The predicted molar refractivity (Wildman–Crippen MR) is 122 cm³/mol. The summed E-state index contributed by atoms with van der Waals surface area (Å²) in [6.45, 7) is 2.12. The van der Waals surface area contributed by atoms with Crippen LogP contribution in [0.15, 0.2) is 51.7 Å². The average molecular weight is 453 g/mol. The highest BCUT2D eigenvalue weighted by Gasteiger charge is 2.29. The van der Waals surface area contributed by atoms with Crippen LogP contribution < -0.4 is 19.8 Å². The Morgan fingerprint density at radius 3 is 2.30 bits per heavy atom. The fraction of sp³-hybridized carbons (Fsp3) is 0.360. The van der Waals surface area contributed by atoms with E-state index in [0.717, 1.165) is 5.56 Å². The average Bonchev–Trinajstić information content (AvgIpc) is 2.86. The number of hydrogen-bond acceptors (Lipinski definition) is 7. The van der Waals surface area contributed by atoms with Crippen LogP contribution in [-0.2, 0) is 9.53 Å². The van der Waals surface area contributed by atoms with Crippen molar-refractivity contribution in [2.75, 3.05) is 47.6 Å². The molecule has 1 aromatic heterocycles. The van der Waals surface area contributed by atoms with Crippen LogP contribution in [0.5, 0.6) is 17.2 Å². The highest BCUT2D eigenvalue weighted by atomic mass is 16.5. The number of nitrogens with zero attached hydrogens (tertiary/aromatic N) is 1. The normalized spacial score (nSPS) is 14.7. The van der Waals surface area contributed by atoms with Gasteiger partial charge in [-0.25, -0.2) is 4.79 Å². The SMILES string of the molecule is COc1ccc([C@@H](CC(=O)N2CCOCC2)c2c(OC)cc(OC)c3ccc(=O)oc23)cc1. The maximum absolute atomic E-state index is 13.3. The number of rotatable bonds is 7. The molecule has 0 radical (unpaired) electrons. The van der Waals surface area contributed by atoms with Crippen molar-refractivity contribution in [1.82, 2.24) is 4.90 Å². The lowest BCUT2D eigenvalue weighted by Gasteiger charge is -2.29. The van der Waals surface area contributed by atoms with Crippen molar-refractivity contribution in [3.63, 3.8) is 0 Å². The van der Waals surface area contributed by atoms with Gasteiger partial charge in [-0.05, 0) is 23.8 Å². The molecule has 0 bridgehead atoms. The fourth-order valence-corrected chi connectivity index (χ4v) is 4.20. The number of methoxy groups -OCH3 is 3. The van der Waals surface area contributed by atoms with Gasteiger partial charge in [-0.15, -0.1) is 0 Å². The van der Waals surface area contributed by atoms with Crippen molar-refractivity contribution < 1.29 is 28.2 Å². The van der Waals surface area contributed by atoms with Gasteiger partial charge in [-0.1, -0.05) is 12.1 Å². The number of hydrogen-bond donors (Lipinski definition) is 0. The van der Waals surface area contributed by atoms with Crippen LogP contribution in [0.1, 0.15) is 23.5 Å². The number of morpholine rings is 1. The number of fused-ring (bicyclic) bond motifs is 1. The summed E-state index contributed by atoms with van der Waals surface area (Å²) in [6, 6.07) is 12.3. The number of carbonyl (C=O) groups excluding carboxylic acids is 1. The minimum Gasteiger partial charge on any atom is -0.497 e. The zero-order valence-corrected chi connectivity index (χ0v) is 19.0. The molecule has 3 aromatic rings. The van der Waals surface area contributed by atoms with Gasteiger partial charge in [0.05, 0.1) is 39.9 Å². The quantitative estimate of drug-likeness (QED) is 0.508. The molecule has 2 heterocycles. The van der Waals surface area contributed by atoms with E-state index in [9.17, 15) is 9.59 Å². The van der Waals surface area contributed by atoms with E-state index in [-0.39, 0.29) is 12.3 Å². The van der Waals surface area contributed by atoms with Crippen molar-refractivity contribution >= 4 is 16.9 Å². The second kappa shape index (κ2) is 9.95. The molecule has 0 aliphatic carbocycles. The summed E-state index contributed by atoms with van der Waals surface area (Å²) >= 11 is 0. The first-order valence-corrected chi connectivity index (χ1v) is 10.7. The van der Waals surface area contributed by atoms with E-state index in [1.54, 1.807) is 38.4 Å². The van der Waals surface area contributed by atoms with Crippen LogP contribution >= 0.6 is 0 Å². The first-order chi connectivity index (χ1) is 16.0. The van der Waals surface area contributed by atoms with E-state index >= 15 is 0 Å². The molecule has 1 aliphatic rings. The Morgan fingerprint density at radius 2 is 1.67 bits per heavy atom. The lowest BCUT2D eigenvalue weighted by Crippen LogP contribution is -2.41. The van der Waals surface area contributed by atoms with Gasteiger partial charge in [0.15, 0.2) is 0 Å². The van der Waals surface area contributed by atoms with Crippen molar-refractivity contribution in [2.24, 2.45) is 0 Å². The molecule has 8 heteroatoms. The molecule has 1 atom stereocenters. The zero-order chi connectivity index (χ0) is 23.4. The standard InChI is InChI=1S/C25H27NO7/c1-29-17-6-4-16(5-7-17)19(14-22(27)26-10-12-32-13-11-26)24-21(31-3)15-20(30-2)18-8-9-23(28)33-25(18)24/h4-9,15,19H,10-14H2,1-3H3/t19-/m1/s1. The van der Waals surface area contributed by atoms with E-state index in [1.165, 1.54) is 6.07 Å². The van der Waals surface area contributed by atoms with Gasteiger partial charge in [0.25, 0.3) is 0 Å². The minimum absolute atomic E-state index is 0.0107. The highest BCUT2D eigenvalue weighted by molar-refractivity contribution is 5.90. The molecule has 2 aromatic carbocycles. The molecule has 8 nitrogen and oxygen atoms in total. The van der Waals surface area contributed by atoms with E-state index < -0.39 is 11.5 Å². The Labute approximate surface area is 191 Å². The van der Waals surface area contributed by atoms with Gasteiger partial charge < -0.3 is 28.3 Å². The number of amides is 1. The Morgan fingerprint density at radius 1 is 0.970 bits per heavy atom. The molecule has 4 rings (SSSR count). The first-order valence-electron chi connectivity index (χ1n) is 10.7. The number of benzene rings is 2. The van der Waals surface area contributed by atoms with Crippen LogP contribution in [0.4, 0.5) is 0 Å². The maximum Gasteiger partial charge on any atom is 0.336 e. The maximum atomic E-state index is 13.3. The molecular formula is C25H27NO7. The van der Waals surface area contributed by atoms with Gasteiger partial charge in [0.1, 0.15) is 22.8 Å². The van der Waals surface area contributed by atoms with Crippen LogP contribution in [-0.4, -0.2) is 58.4 Å². The Bertz CT molecular complexity index is 1180. The monoisotopic (exact) mass is 453 g/mol. The van der Waals surface area contributed by atoms with E-state index in [4.69, 9.17) is 23.4 Å². The van der Waals surface area contributed by atoms with Crippen molar-refractivity contribution in [1.29, 1.82) is 0 Å². The van der Waals surface area contributed by atoms with Gasteiger partial charge in [0, 0.05) is 43.1 Å². The molecule has 33 heavy (non-hydrogen) atoms. The van der Waals surface area contributed by atoms with Gasteiger partial charge in [-0.2, -0.15) is 0 Å². The smallest absolute Gasteiger partial charge is 0.336 e. The first kappa shape index (κ1) is 22.7. The molecule has 1 aliphatic heterocycles. The predicted octanol–water partition coefficient (Wildman–Crippen LogP) is 3.20. The molecule has 0 spiro atoms. The Balaban J connectivity index is 1.89. The van der Waals surface area contributed by atoms with E-state index in [1.807, 2.05) is 24.3 Å². The zero-order valence-electron chi connectivity index (χ0n) is 19.0. The van der Waals surface area contributed by atoms with Gasteiger partial charge in [0.2, 0.25) is 5.91 Å². The summed E-state index contributed by atoms with van der Waals surface area (Å²) in [6.07, 6.45) is 0.169. The lowest BCUT2D eigenvalue weighted by atomic mass is 9.86. The second-order valence-electron chi connectivity index (χ2n) is 7.72. The van der Waals surface area contributed by atoms with Crippen LogP contribution in [0.3, 0.4) is 0 Å². The fourth-order valence-electron chi connectivity index (χ4n) is 4.20. The number of carbonyl (C=O) groups is 1. The molecule has 0 saturated carbocycles. The summed E-state index contributed by atoms with van der Waals surface area (Å²) in [5.41, 5.74) is 1.34. The Kier molecular flexibility index (Phi) is 6.84. The summed E-state index contributed by atoms with van der Waals surface area (Å²) in [5, 5.41) is 0.630. The molecule has 1 amide bonds. The Hall–Kier alpha value is -3.52. The third kappa shape index (κ3) is 4.66. The molecule has 0 N–H and O–H groups in total. The van der Waals surface area contributed by atoms with E-state index in [2.05, 4.69) is 0 Å². The molecular weight excluding hydrogens is 426 g/mol. The molecule has 0 unspecified atom stereocenters. The molecule has 1 saturated heterocycles. The summed E-state index contributed by atoms with van der Waals surface area (Å²) < 4.78 is 27.6. The highest BCUT2D eigenvalue weighted by Crippen LogP contribution is 2.43. The van der Waals surface area contributed by atoms with Crippen molar-refractivity contribution in [3.05, 3.63) is 64.0 Å². The summed E-state index contributed by atoms with van der Waals surface area (Å²) in [4.78, 5) is 27.3. The summed E-state index contributed by atoms with van der Waals surface area (Å²) in [5.74, 6) is 1.25. The third-order valence-corrected chi connectivity index (χ3v) is 5.92. The van der Waals surface area contributed by atoms with Crippen LogP contribution in [0.25, 0.3) is 11.0 Å². The number of ether oxygens (including phenoxy) is 4. The minimum atomic E-state index is -0.493. The van der Waals surface area contributed by atoms with Gasteiger partial charge >= 0.3 is 5.63 Å². The van der Waals surface area contributed by atoms with Crippen molar-refractivity contribution in [3.8, 4) is 17.2 Å². The summed E-state index contributed by atoms with van der Waals surface area (Å²) in [7, 11) is 4.69. The lowest BCUT2D eigenvalue weighted by molar-refractivity contribution is -0.135. The third-order valence-electron chi connectivity index (χ3n) is 5.92. The molecule has 1 fully saturated rings. The van der Waals surface area contributed by atoms with E-state index in [0.29, 0.717) is 60.1 Å². The van der Waals surface area contributed by atoms with Gasteiger partial charge in [-0.3, -0.25) is 4.79 Å². The largest absolute Gasteiger partial charge is 0.497 e. The van der Waals surface area contributed by atoms with Crippen LogP contribution in [0.2, 0.25) is 0 Å². The van der Waals surface area contributed by atoms with Crippen LogP contribution in [0, 0.1) is 0 Å².